The molecule has 0 aliphatic rings. The normalized spacial score (nSPS) is 10.4. The van der Waals surface area contributed by atoms with E-state index in [0.717, 1.165) is 16.3 Å². The van der Waals surface area contributed by atoms with Gasteiger partial charge in [-0.3, -0.25) is 9.59 Å². The van der Waals surface area contributed by atoms with Gasteiger partial charge in [0.05, 0.1) is 11.4 Å². The molecule has 0 atom stereocenters. The largest absolute Gasteiger partial charge is 0.347 e. The minimum atomic E-state index is -0.916. The fourth-order valence-corrected chi connectivity index (χ4v) is 3.26. The lowest BCUT2D eigenvalue weighted by Gasteiger charge is -2.06. The van der Waals surface area contributed by atoms with E-state index in [4.69, 9.17) is 11.6 Å². The van der Waals surface area contributed by atoms with Crippen LogP contribution < -0.4 is 10.6 Å². The van der Waals surface area contributed by atoms with Crippen molar-refractivity contribution in [1.82, 2.24) is 10.3 Å². The van der Waals surface area contributed by atoms with Crippen LogP contribution in [0.1, 0.15) is 5.69 Å². The summed E-state index contributed by atoms with van der Waals surface area (Å²) in [7, 11) is 0. The molecule has 0 saturated carbocycles. The van der Waals surface area contributed by atoms with Crippen LogP contribution in [0.4, 0.5) is 10.1 Å². The number of hydrogen-bond donors (Lipinski definition) is 2. The van der Waals surface area contributed by atoms with E-state index in [0.29, 0.717) is 11.4 Å². The molecule has 2 aromatic carbocycles. The minimum Gasteiger partial charge on any atom is -0.347 e. The van der Waals surface area contributed by atoms with Crippen LogP contribution in [0.3, 0.4) is 0 Å². The Morgan fingerprint density at radius 1 is 1.07 bits per heavy atom. The van der Waals surface area contributed by atoms with Crippen LogP contribution in [0.25, 0.3) is 10.6 Å². The van der Waals surface area contributed by atoms with Crippen molar-refractivity contribution >= 4 is 40.4 Å². The average molecular weight is 404 g/mol. The number of para-hydroxylation sites is 1. The Hall–Kier alpha value is -2.77. The van der Waals surface area contributed by atoms with Crippen molar-refractivity contribution in [2.24, 2.45) is 0 Å². The van der Waals surface area contributed by atoms with Crippen LogP contribution in [-0.4, -0.2) is 23.3 Å². The molecule has 0 bridgehead atoms. The Bertz CT molecular complexity index is 960. The van der Waals surface area contributed by atoms with Gasteiger partial charge in [-0.1, -0.05) is 35.9 Å². The molecule has 8 heteroatoms. The summed E-state index contributed by atoms with van der Waals surface area (Å²) in [6, 6.07) is 13.0. The number of hydrogen-bond acceptors (Lipinski definition) is 4. The second-order valence-electron chi connectivity index (χ2n) is 5.59. The van der Waals surface area contributed by atoms with Gasteiger partial charge in [-0.2, -0.15) is 0 Å². The molecule has 138 valence electrons. The second-order valence-corrected chi connectivity index (χ2v) is 6.89. The molecule has 0 aliphatic carbocycles. The van der Waals surface area contributed by atoms with Crippen LogP contribution in [-0.2, 0) is 16.0 Å². The van der Waals surface area contributed by atoms with Crippen molar-refractivity contribution in [2.75, 3.05) is 11.9 Å². The molecule has 2 amide bonds. The standard InChI is InChI=1S/C19H15ClFN3O2S/c20-13-7-5-12(6-8-13)19-23-14(11-27-19)9-10-22-17(25)18(26)24-16-4-2-1-3-15(16)21/h1-8,11H,9-10H2,(H,22,25)(H,24,26). The van der Waals surface area contributed by atoms with Crippen molar-refractivity contribution in [1.29, 1.82) is 0 Å². The molecule has 1 heterocycles. The summed E-state index contributed by atoms with van der Waals surface area (Å²) in [6.07, 6.45) is 0.475. The van der Waals surface area contributed by atoms with Crippen molar-refractivity contribution < 1.29 is 14.0 Å². The number of nitrogens with one attached hydrogen (secondary N) is 2. The summed E-state index contributed by atoms with van der Waals surface area (Å²) >= 11 is 7.37. The zero-order chi connectivity index (χ0) is 19.2. The molecule has 3 aromatic rings. The first-order valence-electron chi connectivity index (χ1n) is 8.07. The molecule has 5 nitrogen and oxygen atoms in total. The number of amides is 2. The molecule has 0 aliphatic heterocycles. The smallest absolute Gasteiger partial charge is 0.313 e. The number of nitrogens with zero attached hydrogens (tertiary/aromatic N) is 1. The second kappa shape index (κ2) is 8.75. The van der Waals surface area contributed by atoms with Gasteiger partial charge in [0.15, 0.2) is 0 Å². The van der Waals surface area contributed by atoms with Crippen LogP contribution in [0.5, 0.6) is 0 Å². The van der Waals surface area contributed by atoms with Gasteiger partial charge in [-0.25, -0.2) is 9.37 Å². The van der Waals surface area contributed by atoms with Gasteiger partial charge in [-0.15, -0.1) is 11.3 Å². The fraction of sp³-hybridized carbons (Fsp3) is 0.105. The predicted molar refractivity (Wildman–Crippen MR) is 104 cm³/mol. The summed E-state index contributed by atoms with van der Waals surface area (Å²) in [5.74, 6) is -2.34. The quantitative estimate of drug-likeness (QED) is 0.635. The molecule has 27 heavy (non-hydrogen) atoms. The molecular formula is C19H15ClFN3O2S. The Morgan fingerprint density at radius 3 is 2.56 bits per heavy atom. The van der Waals surface area contributed by atoms with E-state index in [1.165, 1.54) is 29.5 Å². The van der Waals surface area contributed by atoms with E-state index in [9.17, 15) is 14.0 Å². The van der Waals surface area contributed by atoms with Gasteiger partial charge in [-0.05, 0) is 24.3 Å². The van der Waals surface area contributed by atoms with Crippen molar-refractivity contribution in [3.63, 3.8) is 0 Å². The van der Waals surface area contributed by atoms with E-state index in [1.54, 1.807) is 18.2 Å². The Morgan fingerprint density at radius 2 is 1.81 bits per heavy atom. The monoisotopic (exact) mass is 403 g/mol. The molecule has 3 rings (SSSR count). The molecule has 0 unspecified atom stereocenters. The van der Waals surface area contributed by atoms with Gasteiger partial charge in [0.2, 0.25) is 0 Å². The number of aromatic nitrogens is 1. The van der Waals surface area contributed by atoms with Gasteiger partial charge >= 0.3 is 11.8 Å². The highest BCUT2D eigenvalue weighted by atomic mass is 35.5. The Balaban J connectivity index is 1.49. The van der Waals surface area contributed by atoms with Crippen molar-refractivity contribution in [3.8, 4) is 10.6 Å². The van der Waals surface area contributed by atoms with Gasteiger partial charge in [0.1, 0.15) is 10.8 Å². The van der Waals surface area contributed by atoms with E-state index in [-0.39, 0.29) is 12.2 Å². The third-order valence-electron chi connectivity index (χ3n) is 3.64. The summed E-state index contributed by atoms with van der Waals surface area (Å²) < 4.78 is 13.5. The zero-order valence-electron chi connectivity index (χ0n) is 14.0. The molecule has 0 fully saturated rings. The third kappa shape index (κ3) is 5.12. The van der Waals surface area contributed by atoms with Crippen LogP contribution in [0.2, 0.25) is 5.02 Å². The number of carbonyl (C=O) groups is 2. The first-order valence-corrected chi connectivity index (χ1v) is 9.33. The highest BCUT2D eigenvalue weighted by Crippen LogP contribution is 2.25. The maximum absolute atomic E-state index is 13.5. The third-order valence-corrected chi connectivity index (χ3v) is 4.83. The minimum absolute atomic E-state index is 0.0373. The summed E-state index contributed by atoms with van der Waals surface area (Å²) in [6.45, 7) is 0.243. The predicted octanol–water partition coefficient (Wildman–Crippen LogP) is 3.90. The summed E-state index contributed by atoms with van der Waals surface area (Å²) in [5, 5.41) is 8.15. The maximum atomic E-state index is 13.5. The average Bonchev–Trinajstić information content (AvgIpc) is 3.13. The molecule has 2 N–H and O–H groups in total. The first-order chi connectivity index (χ1) is 13.0. The van der Waals surface area contributed by atoms with E-state index >= 15 is 0 Å². The zero-order valence-corrected chi connectivity index (χ0v) is 15.6. The Kier molecular flexibility index (Phi) is 6.16. The van der Waals surface area contributed by atoms with Crippen LogP contribution in [0, 0.1) is 5.82 Å². The van der Waals surface area contributed by atoms with Crippen LogP contribution >= 0.6 is 22.9 Å². The van der Waals surface area contributed by atoms with Gasteiger partial charge < -0.3 is 10.6 Å². The highest BCUT2D eigenvalue weighted by Gasteiger charge is 2.15. The molecular weight excluding hydrogens is 389 g/mol. The summed E-state index contributed by atoms with van der Waals surface area (Å²) in [5.41, 5.74) is 1.73. The lowest BCUT2D eigenvalue weighted by Crippen LogP contribution is -2.36. The van der Waals surface area contributed by atoms with Crippen molar-refractivity contribution in [3.05, 3.63) is 70.4 Å². The summed E-state index contributed by atoms with van der Waals surface area (Å²) in [4.78, 5) is 28.1. The SMILES string of the molecule is O=C(NCCc1csc(-c2ccc(Cl)cc2)n1)C(=O)Nc1ccccc1F. The molecule has 0 radical (unpaired) electrons. The fourth-order valence-electron chi connectivity index (χ4n) is 2.27. The number of anilines is 1. The highest BCUT2D eigenvalue weighted by molar-refractivity contribution is 7.13. The molecule has 0 spiro atoms. The number of thiazole rings is 1. The van der Waals surface area contributed by atoms with E-state index < -0.39 is 17.6 Å². The van der Waals surface area contributed by atoms with E-state index in [2.05, 4.69) is 15.6 Å². The van der Waals surface area contributed by atoms with E-state index in [1.807, 2.05) is 17.5 Å². The lowest BCUT2D eigenvalue weighted by molar-refractivity contribution is -0.136. The number of carbonyl (C=O) groups excluding carboxylic acids is 2. The molecule has 1 aromatic heterocycles. The van der Waals surface area contributed by atoms with Gasteiger partial charge in [0.25, 0.3) is 0 Å². The first kappa shape index (κ1) is 19.0. The van der Waals surface area contributed by atoms with Crippen molar-refractivity contribution in [2.45, 2.75) is 6.42 Å². The van der Waals surface area contributed by atoms with Gasteiger partial charge in [0, 0.05) is 28.9 Å². The Labute approximate surface area is 164 Å². The maximum Gasteiger partial charge on any atom is 0.313 e. The lowest BCUT2D eigenvalue weighted by atomic mass is 10.2. The number of halogens is 2. The van der Waals surface area contributed by atoms with Crippen LogP contribution in [0.15, 0.2) is 53.9 Å². The molecule has 0 saturated heterocycles. The number of rotatable bonds is 5. The number of benzene rings is 2. The topological polar surface area (TPSA) is 71.1 Å².